The molecular formula is C16H15NO8S. The SMILES string of the molecule is O.O=C(O)c1cc(S(=O)(=O)[O-])ccc1O.Oc1cccc2ccc[nH+]c12. The second-order valence-corrected chi connectivity index (χ2v) is 6.23. The summed E-state index contributed by atoms with van der Waals surface area (Å²) < 4.78 is 31.5. The lowest BCUT2D eigenvalue weighted by Crippen LogP contribution is -2.02. The number of carboxylic acids is 1. The molecule has 0 aliphatic carbocycles. The molecule has 2 aromatic carbocycles. The lowest BCUT2D eigenvalue weighted by atomic mass is 10.2. The number of nitrogens with one attached hydrogen (secondary N) is 1. The average Bonchev–Trinajstić information content (AvgIpc) is 2.55. The molecule has 0 spiro atoms. The second-order valence-electron chi connectivity index (χ2n) is 4.85. The topological polar surface area (TPSA) is 181 Å². The van der Waals surface area contributed by atoms with Crippen molar-refractivity contribution in [2.45, 2.75) is 4.90 Å². The summed E-state index contributed by atoms with van der Waals surface area (Å²) in [4.78, 5) is 12.7. The molecule has 0 aliphatic rings. The van der Waals surface area contributed by atoms with Crippen molar-refractivity contribution in [3.63, 3.8) is 0 Å². The van der Waals surface area contributed by atoms with Crippen molar-refractivity contribution in [1.82, 2.24) is 0 Å². The number of rotatable bonds is 2. The Labute approximate surface area is 147 Å². The first-order valence-corrected chi connectivity index (χ1v) is 8.21. The molecule has 0 saturated carbocycles. The van der Waals surface area contributed by atoms with Gasteiger partial charge in [0, 0.05) is 6.07 Å². The number of pyridine rings is 1. The standard InChI is InChI=1S/C9H7NO.C7H6O6S.H2O/c11-8-5-1-3-7-4-2-6-10-9(7)8;8-6-2-1-4(14(11,12)13)3-5(6)7(9)10;/h1-6,11H;1-3,8H,(H,9,10)(H,11,12,13);1H2. The molecule has 0 radical (unpaired) electrons. The maximum atomic E-state index is 10.5. The predicted molar refractivity (Wildman–Crippen MR) is 88.8 cm³/mol. The Morgan fingerprint density at radius 3 is 2.23 bits per heavy atom. The summed E-state index contributed by atoms with van der Waals surface area (Å²) in [5.41, 5.74) is 0.164. The van der Waals surface area contributed by atoms with Crippen LogP contribution in [0.4, 0.5) is 0 Å². The number of H-pyrrole nitrogens is 1. The van der Waals surface area contributed by atoms with Gasteiger partial charge in [-0.3, -0.25) is 0 Å². The van der Waals surface area contributed by atoms with Crippen molar-refractivity contribution in [3.05, 3.63) is 60.3 Å². The molecular weight excluding hydrogens is 366 g/mol. The number of hydrogen-bond acceptors (Lipinski definition) is 6. The highest BCUT2D eigenvalue weighted by atomic mass is 32.2. The Morgan fingerprint density at radius 2 is 1.65 bits per heavy atom. The third-order valence-corrected chi connectivity index (χ3v) is 3.99. The van der Waals surface area contributed by atoms with Crippen LogP contribution in [0.5, 0.6) is 11.5 Å². The number of aromatic carboxylic acids is 1. The fraction of sp³-hybridized carbons (Fsp3) is 0. The van der Waals surface area contributed by atoms with E-state index in [-0.39, 0.29) is 5.48 Å². The van der Waals surface area contributed by atoms with Gasteiger partial charge >= 0.3 is 5.97 Å². The van der Waals surface area contributed by atoms with E-state index < -0.39 is 32.3 Å². The molecule has 0 bridgehead atoms. The molecule has 0 amide bonds. The number of phenols is 2. The Morgan fingerprint density at radius 1 is 1.00 bits per heavy atom. The Hall–Kier alpha value is -3.21. The van der Waals surface area contributed by atoms with Gasteiger partial charge < -0.3 is 25.3 Å². The van der Waals surface area contributed by atoms with Gasteiger partial charge in [0.05, 0.1) is 10.3 Å². The summed E-state index contributed by atoms with van der Waals surface area (Å²) in [6, 6.07) is 11.6. The van der Waals surface area contributed by atoms with Crippen LogP contribution in [0, 0.1) is 0 Å². The van der Waals surface area contributed by atoms with Gasteiger partial charge in [0.2, 0.25) is 0 Å². The lowest BCUT2D eigenvalue weighted by Gasteiger charge is -2.08. The van der Waals surface area contributed by atoms with Crippen LogP contribution in [0.1, 0.15) is 10.4 Å². The van der Waals surface area contributed by atoms with E-state index in [1.807, 2.05) is 24.3 Å². The van der Waals surface area contributed by atoms with Crippen LogP contribution in [-0.2, 0) is 10.1 Å². The van der Waals surface area contributed by atoms with Crippen molar-refractivity contribution in [1.29, 1.82) is 0 Å². The van der Waals surface area contributed by atoms with Gasteiger partial charge in [0.1, 0.15) is 21.4 Å². The van der Waals surface area contributed by atoms with Gasteiger partial charge in [0.15, 0.2) is 11.9 Å². The highest BCUT2D eigenvalue weighted by Crippen LogP contribution is 2.21. The molecule has 6 N–H and O–H groups in total. The number of para-hydroxylation sites is 1. The summed E-state index contributed by atoms with van der Waals surface area (Å²) in [6.45, 7) is 0. The fourth-order valence-corrected chi connectivity index (χ4v) is 2.48. The summed E-state index contributed by atoms with van der Waals surface area (Å²) in [6.07, 6.45) is 1.79. The zero-order valence-electron chi connectivity index (χ0n) is 13.1. The molecule has 0 saturated heterocycles. The van der Waals surface area contributed by atoms with Crippen molar-refractivity contribution >= 4 is 27.0 Å². The van der Waals surface area contributed by atoms with Gasteiger partial charge in [-0.1, -0.05) is 6.07 Å². The summed E-state index contributed by atoms with van der Waals surface area (Å²) in [5.74, 6) is -1.80. The number of fused-ring (bicyclic) bond motifs is 1. The maximum Gasteiger partial charge on any atom is 0.339 e. The van der Waals surface area contributed by atoms with Crippen LogP contribution >= 0.6 is 0 Å². The molecule has 9 nitrogen and oxygen atoms in total. The zero-order valence-corrected chi connectivity index (χ0v) is 13.9. The van der Waals surface area contributed by atoms with Gasteiger partial charge in [-0.25, -0.2) is 18.2 Å². The largest absolute Gasteiger partial charge is 0.744 e. The minimum atomic E-state index is -4.70. The van der Waals surface area contributed by atoms with E-state index in [1.165, 1.54) is 0 Å². The van der Waals surface area contributed by atoms with E-state index in [0.717, 1.165) is 23.0 Å². The van der Waals surface area contributed by atoms with Gasteiger partial charge in [-0.15, -0.1) is 0 Å². The van der Waals surface area contributed by atoms with Gasteiger partial charge in [-0.05, 0) is 36.4 Å². The molecule has 0 fully saturated rings. The summed E-state index contributed by atoms with van der Waals surface area (Å²) in [7, 11) is -4.70. The normalized spacial score (nSPS) is 10.3. The predicted octanol–water partition coefficient (Wildman–Crippen LogP) is 0.529. The summed E-state index contributed by atoms with van der Waals surface area (Å²) >= 11 is 0. The van der Waals surface area contributed by atoms with Crippen molar-refractivity contribution < 1.29 is 43.5 Å². The second kappa shape index (κ2) is 8.25. The molecule has 138 valence electrons. The highest BCUT2D eigenvalue weighted by Gasteiger charge is 2.12. The Balaban J connectivity index is 0.000000256. The molecule has 0 unspecified atom stereocenters. The van der Waals surface area contributed by atoms with Gasteiger partial charge in [-0.2, -0.15) is 0 Å². The van der Waals surface area contributed by atoms with E-state index in [2.05, 4.69) is 4.98 Å². The number of carboxylic acid groups (broad SMARTS) is 1. The zero-order chi connectivity index (χ0) is 18.6. The summed E-state index contributed by atoms with van der Waals surface area (Å²) in [5, 5.41) is 27.9. The molecule has 3 aromatic rings. The minimum absolute atomic E-state index is 0. The minimum Gasteiger partial charge on any atom is -0.744 e. The van der Waals surface area contributed by atoms with E-state index in [1.54, 1.807) is 12.3 Å². The highest BCUT2D eigenvalue weighted by molar-refractivity contribution is 7.85. The first-order valence-electron chi connectivity index (χ1n) is 6.81. The van der Waals surface area contributed by atoms with Crippen molar-refractivity contribution in [3.8, 4) is 11.5 Å². The number of carbonyl (C=O) groups is 1. The molecule has 1 aromatic heterocycles. The molecule has 0 atom stereocenters. The Kier molecular flexibility index (Phi) is 6.61. The fourth-order valence-electron chi connectivity index (χ4n) is 1.98. The number of aromatic nitrogens is 1. The molecule has 26 heavy (non-hydrogen) atoms. The average molecular weight is 381 g/mol. The first kappa shape index (κ1) is 20.8. The van der Waals surface area contributed by atoms with E-state index >= 15 is 0 Å². The van der Waals surface area contributed by atoms with Crippen LogP contribution in [0.25, 0.3) is 10.9 Å². The third-order valence-electron chi connectivity index (χ3n) is 3.16. The smallest absolute Gasteiger partial charge is 0.339 e. The van der Waals surface area contributed by atoms with Crippen molar-refractivity contribution in [2.75, 3.05) is 0 Å². The lowest BCUT2D eigenvalue weighted by molar-refractivity contribution is -0.345. The number of hydrogen-bond donors (Lipinski definition) is 3. The van der Waals surface area contributed by atoms with Crippen LogP contribution in [-0.4, -0.2) is 39.7 Å². The van der Waals surface area contributed by atoms with Crippen LogP contribution in [0.3, 0.4) is 0 Å². The van der Waals surface area contributed by atoms with Crippen molar-refractivity contribution in [2.24, 2.45) is 0 Å². The molecule has 0 aliphatic heterocycles. The molecule has 1 heterocycles. The van der Waals surface area contributed by atoms with Crippen LogP contribution in [0.2, 0.25) is 0 Å². The number of phenolic OH excluding ortho intramolecular Hbond substituents is 1. The number of aromatic hydroxyl groups is 2. The van der Waals surface area contributed by atoms with E-state index in [4.69, 9.17) is 10.2 Å². The molecule has 3 rings (SSSR count). The monoisotopic (exact) mass is 381 g/mol. The molecule has 10 heteroatoms. The van der Waals surface area contributed by atoms with E-state index in [0.29, 0.717) is 11.8 Å². The first-order chi connectivity index (χ1) is 11.7. The quantitative estimate of drug-likeness (QED) is 0.541. The number of benzene rings is 2. The maximum absolute atomic E-state index is 10.5. The number of aromatic amines is 1. The van der Waals surface area contributed by atoms with Gasteiger partial charge in [0.25, 0.3) is 5.52 Å². The van der Waals surface area contributed by atoms with Crippen LogP contribution in [0.15, 0.2) is 59.6 Å². The van der Waals surface area contributed by atoms with E-state index in [9.17, 15) is 22.9 Å². The Bertz CT molecular complexity index is 1030. The van der Waals surface area contributed by atoms with Crippen LogP contribution < -0.4 is 4.98 Å². The third kappa shape index (κ3) is 4.89.